The smallest absolute Gasteiger partial charge is 0.261 e. The van der Waals surface area contributed by atoms with Crippen LogP contribution in [-0.2, 0) is 22.7 Å². The summed E-state index contributed by atoms with van der Waals surface area (Å²) in [7, 11) is 0. The molecule has 1 atom stereocenters. The summed E-state index contributed by atoms with van der Waals surface area (Å²) >= 11 is 0. The SMILES string of the molecule is Cl.NCc1ccc(C(=O)NCc2ccc(OCC(=O)N3CC(=O)[C@H](O)C3)cc2)cc1. The second kappa shape index (κ2) is 10.7. The maximum absolute atomic E-state index is 12.2. The van der Waals surface area contributed by atoms with Crippen molar-refractivity contribution in [3.05, 3.63) is 65.2 Å². The summed E-state index contributed by atoms with van der Waals surface area (Å²) in [5.74, 6) is -0.398. The Morgan fingerprint density at radius 1 is 1.10 bits per heavy atom. The van der Waals surface area contributed by atoms with Crippen LogP contribution in [0.3, 0.4) is 0 Å². The molecule has 0 saturated carbocycles. The second-order valence-corrected chi connectivity index (χ2v) is 6.77. The minimum absolute atomic E-state index is 0. The zero-order valence-corrected chi connectivity index (χ0v) is 17.1. The molecule has 0 radical (unpaired) electrons. The first-order valence-corrected chi connectivity index (χ1v) is 9.24. The van der Waals surface area contributed by atoms with Crippen molar-refractivity contribution in [3.8, 4) is 5.75 Å². The molecule has 1 fully saturated rings. The third kappa shape index (κ3) is 6.03. The number of nitrogens with zero attached hydrogens (tertiary/aromatic N) is 1. The Labute approximate surface area is 180 Å². The van der Waals surface area contributed by atoms with E-state index < -0.39 is 6.10 Å². The Bertz CT molecular complexity index is 887. The summed E-state index contributed by atoms with van der Waals surface area (Å²) in [6.45, 7) is 0.491. The lowest BCUT2D eigenvalue weighted by molar-refractivity contribution is -0.133. The standard InChI is InChI=1S/C21H23N3O5.ClH/c22-9-14-1-5-16(6-2-14)21(28)23-10-15-3-7-17(8-4-15)29-13-20(27)24-11-18(25)19(26)12-24;/h1-8,18,25H,9-13,22H2,(H,23,28);1H/t18-;/m1./s1. The largest absolute Gasteiger partial charge is 0.484 e. The van der Waals surface area contributed by atoms with Gasteiger partial charge in [-0.15, -0.1) is 12.4 Å². The quantitative estimate of drug-likeness (QED) is 0.589. The number of ether oxygens (including phenoxy) is 1. The number of Topliss-reactive ketones (excluding diaryl/α,β-unsaturated/α-hetero) is 1. The van der Waals surface area contributed by atoms with Gasteiger partial charge in [0.1, 0.15) is 11.9 Å². The van der Waals surface area contributed by atoms with E-state index >= 15 is 0 Å². The van der Waals surface area contributed by atoms with Gasteiger partial charge in [-0.05, 0) is 35.4 Å². The second-order valence-electron chi connectivity index (χ2n) is 6.77. The Balaban J connectivity index is 0.00000320. The maximum atomic E-state index is 12.2. The number of carbonyl (C=O) groups excluding carboxylic acids is 3. The number of hydrogen-bond acceptors (Lipinski definition) is 6. The molecule has 0 bridgehead atoms. The van der Waals surface area contributed by atoms with Crippen molar-refractivity contribution in [2.75, 3.05) is 19.7 Å². The molecule has 0 spiro atoms. The lowest BCUT2D eigenvalue weighted by Crippen LogP contribution is -2.33. The van der Waals surface area contributed by atoms with Crippen LogP contribution in [-0.4, -0.2) is 53.4 Å². The highest BCUT2D eigenvalue weighted by molar-refractivity contribution is 5.94. The van der Waals surface area contributed by atoms with E-state index in [4.69, 9.17) is 10.5 Å². The van der Waals surface area contributed by atoms with Gasteiger partial charge in [0.2, 0.25) is 0 Å². The third-order valence-electron chi connectivity index (χ3n) is 4.65. The fourth-order valence-electron chi connectivity index (χ4n) is 2.88. The van der Waals surface area contributed by atoms with Gasteiger partial charge in [-0.1, -0.05) is 24.3 Å². The molecule has 0 unspecified atom stereocenters. The number of carbonyl (C=O) groups is 3. The molecule has 2 amide bonds. The number of nitrogens with two attached hydrogens (primary N) is 1. The molecule has 8 nitrogen and oxygen atoms in total. The van der Waals surface area contributed by atoms with Crippen LogP contribution in [0, 0.1) is 0 Å². The molecular formula is C21H24ClN3O5. The third-order valence-corrected chi connectivity index (χ3v) is 4.65. The first-order valence-electron chi connectivity index (χ1n) is 9.24. The van der Waals surface area contributed by atoms with Gasteiger partial charge in [0.15, 0.2) is 12.4 Å². The Morgan fingerprint density at radius 2 is 1.73 bits per heavy atom. The molecule has 2 aromatic carbocycles. The molecule has 2 aromatic rings. The molecule has 160 valence electrons. The van der Waals surface area contributed by atoms with Crippen LogP contribution >= 0.6 is 12.4 Å². The first-order chi connectivity index (χ1) is 14.0. The van der Waals surface area contributed by atoms with Crippen molar-refractivity contribution in [1.82, 2.24) is 10.2 Å². The van der Waals surface area contributed by atoms with Crippen molar-refractivity contribution in [2.45, 2.75) is 19.2 Å². The van der Waals surface area contributed by atoms with E-state index in [-0.39, 0.29) is 49.7 Å². The van der Waals surface area contributed by atoms with Gasteiger partial charge >= 0.3 is 0 Å². The predicted molar refractivity (Wildman–Crippen MR) is 112 cm³/mol. The van der Waals surface area contributed by atoms with Gasteiger partial charge < -0.3 is 25.8 Å². The zero-order chi connectivity index (χ0) is 20.8. The van der Waals surface area contributed by atoms with Crippen molar-refractivity contribution in [1.29, 1.82) is 0 Å². The van der Waals surface area contributed by atoms with Crippen LogP contribution in [0.2, 0.25) is 0 Å². The predicted octanol–water partition coefficient (Wildman–Crippen LogP) is 0.648. The average molecular weight is 434 g/mol. The molecule has 4 N–H and O–H groups in total. The topological polar surface area (TPSA) is 122 Å². The minimum Gasteiger partial charge on any atom is -0.484 e. The molecule has 30 heavy (non-hydrogen) atoms. The Morgan fingerprint density at radius 3 is 2.30 bits per heavy atom. The molecule has 1 aliphatic rings. The summed E-state index contributed by atoms with van der Waals surface area (Å²) in [4.78, 5) is 36.8. The lowest BCUT2D eigenvalue weighted by atomic mass is 10.1. The maximum Gasteiger partial charge on any atom is 0.261 e. The number of halogens is 1. The van der Waals surface area contributed by atoms with Crippen molar-refractivity contribution < 1.29 is 24.2 Å². The highest BCUT2D eigenvalue weighted by Gasteiger charge is 2.31. The van der Waals surface area contributed by atoms with Crippen LogP contribution in [0.1, 0.15) is 21.5 Å². The van der Waals surface area contributed by atoms with Crippen molar-refractivity contribution >= 4 is 30.0 Å². The molecule has 1 heterocycles. The summed E-state index contributed by atoms with van der Waals surface area (Å²) in [5.41, 5.74) is 7.95. The van der Waals surface area contributed by atoms with E-state index in [9.17, 15) is 19.5 Å². The van der Waals surface area contributed by atoms with Crippen molar-refractivity contribution in [3.63, 3.8) is 0 Å². The number of aliphatic hydroxyl groups excluding tert-OH is 1. The Hall–Kier alpha value is -2.94. The van der Waals surface area contributed by atoms with E-state index in [1.807, 2.05) is 12.1 Å². The van der Waals surface area contributed by atoms with E-state index in [1.54, 1.807) is 36.4 Å². The number of nitrogens with one attached hydrogen (secondary N) is 1. The highest BCUT2D eigenvalue weighted by Crippen LogP contribution is 2.13. The highest BCUT2D eigenvalue weighted by atomic mass is 35.5. The van der Waals surface area contributed by atoms with Crippen LogP contribution < -0.4 is 15.8 Å². The lowest BCUT2D eigenvalue weighted by Gasteiger charge is -2.15. The summed E-state index contributed by atoms with van der Waals surface area (Å²) in [5, 5.41) is 12.2. The van der Waals surface area contributed by atoms with E-state index in [0.717, 1.165) is 11.1 Å². The minimum atomic E-state index is -1.10. The van der Waals surface area contributed by atoms with Crippen molar-refractivity contribution in [2.24, 2.45) is 5.73 Å². The zero-order valence-electron chi connectivity index (χ0n) is 16.2. The molecule has 0 aliphatic carbocycles. The number of amides is 2. The van der Waals surface area contributed by atoms with E-state index in [2.05, 4.69) is 5.32 Å². The number of ketones is 1. The number of β-amino-alcohol motifs (C(OH)–C–C–N with tert-alkyl or cyclic N) is 1. The van der Waals surface area contributed by atoms with Crippen LogP contribution in [0.4, 0.5) is 0 Å². The molecule has 3 rings (SSSR count). The van der Waals surface area contributed by atoms with Gasteiger partial charge in [-0.25, -0.2) is 0 Å². The fraction of sp³-hybridized carbons (Fsp3) is 0.286. The van der Waals surface area contributed by atoms with Gasteiger partial charge in [-0.2, -0.15) is 0 Å². The number of likely N-dealkylation sites (tertiary alicyclic amines) is 1. The number of hydrogen-bond donors (Lipinski definition) is 3. The first kappa shape index (κ1) is 23.3. The average Bonchev–Trinajstić information content (AvgIpc) is 3.09. The number of benzene rings is 2. The van der Waals surface area contributed by atoms with Crippen LogP contribution in [0.15, 0.2) is 48.5 Å². The van der Waals surface area contributed by atoms with Gasteiger partial charge in [-0.3, -0.25) is 14.4 Å². The molecule has 0 aromatic heterocycles. The molecule has 1 saturated heterocycles. The van der Waals surface area contributed by atoms with Crippen LogP contribution in [0.25, 0.3) is 0 Å². The molecule has 1 aliphatic heterocycles. The summed E-state index contributed by atoms with van der Waals surface area (Å²) in [6, 6.07) is 14.1. The summed E-state index contributed by atoms with van der Waals surface area (Å²) < 4.78 is 5.44. The van der Waals surface area contributed by atoms with Crippen LogP contribution in [0.5, 0.6) is 5.75 Å². The van der Waals surface area contributed by atoms with E-state index in [1.165, 1.54) is 4.90 Å². The Kier molecular flexibility index (Phi) is 8.35. The monoisotopic (exact) mass is 433 g/mol. The van der Waals surface area contributed by atoms with Gasteiger partial charge in [0, 0.05) is 18.7 Å². The number of aliphatic hydroxyl groups is 1. The molecule has 9 heteroatoms. The van der Waals surface area contributed by atoms with Gasteiger partial charge in [0.05, 0.1) is 13.1 Å². The number of rotatable bonds is 7. The summed E-state index contributed by atoms with van der Waals surface area (Å²) in [6.07, 6.45) is -1.10. The fourth-order valence-corrected chi connectivity index (χ4v) is 2.88. The van der Waals surface area contributed by atoms with Gasteiger partial charge in [0.25, 0.3) is 11.8 Å². The van der Waals surface area contributed by atoms with E-state index in [0.29, 0.717) is 24.4 Å². The normalized spacial score (nSPS) is 15.5. The molecular weight excluding hydrogens is 410 g/mol.